The number of nitrogens with zero attached hydrogens (tertiary/aromatic N) is 1. The minimum atomic E-state index is -0.792. The second-order valence-corrected chi connectivity index (χ2v) is 1.88. The predicted octanol–water partition coefficient (Wildman–Crippen LogP) is -0.815. The van der Waals surface area contributed by atoms with Crippen LogP contribution in [0.4, 0.5) is 0 Å². The Balaban J connectivity index is 3.85. The lowest BCUT2D eigenvalue weighted by molar-refractivity contribution is -0.160. The van der Waals surface area contributed by atoms with Crippen LogP contribution in [0.2, 0.25) is 0 Å². The minimum Gasteiger partial charge on any atom is -0.319 e. The first kappa shape index (κ1) is 8.95. The molecule has 0 saturated heterocycles. The van der Waals surface area contributed by atoms with Gasteiger partial charge in [-0.15, -0.1) is 12.3 Å². The van der Waals surface area contributed by atoms with Crippen molar-refractivity contribution >= 4 is 5.91 Å². The fourth-order valence-electron chi connectivity index (χ4n) is 0.454. The summed E-state index contributed by atoms with van der Waals surface area (Å²) in [6.45, 7) is 0. The van der Waals surface area contributed by atoms with Crippen LogP contribution in [0.5, 0.6) is 0 Å². The van der Waals surface area contributed by atoms with Crippen molar-refractivity contribution in [2.45, 2.75) is 12.5 Å². The first-order chi connectivity index (χ1) is 4.59. The Morgan fingerprint density at radius 1 is 2.00 bits per heavy atom. The van der Waals surface area contributed by atoms with Crippen molar-refractivity contribution in [1.82, 2.24) is 5.06 Å². The Bertz CT molecular complexity index is 160. The molecule has 0 aliphatic rings. The van der Waals surface area contributed by atoms with Gasteiger partial charge in [0.2, 0.25) is 0 Å². The zero-order chi connectivity index (χ0) is 8.15. The summed E-state index contributed by atoms with van der Waals surface area (Å²) >= 11 is 0. The molecule has 0 fully saturated rings. The highest BCUT2D eigenvalue weighted by Crippen LogP contribution is 1.89. The second kappa shape index (κ2) is 3.88. The molecule has 0 saturated carbocycles. The maximum Gasteiger partial charge on any atom is 0.263 e. The smallest absolute Gasteiger partial charge is 0.263 e. The van der Waals surface area contributed by atoms with E-state index in [0.29, 0.717) is 5.06 Å². The van der Waals surface area contributed by atoms with Crippen molar-refractivity contribution in [3.05, 3.63) is 0 Å². The molecule has 4 heteroatoms. The molecule has 0 aliphatic carbocycles. The molecule has 56 valence electrons. The van der Waals surface area contributed by atoms with E-state index in [4.69, 9.17) is 17.4 Å². The highest BCUT2D eigenvalue weighted by Gasteiger charge is 2.14. The van der Waals surface area contributed by atoms with E-state index in [1.54, 1.807) is 0 Å². The van der Waals surface area contributed by atoms with Crippen molar-refractivity contribution in [3.8, 4) is 12.3 Å². The molecule has 0 aliphatic heterocycles. The van der Waals surface area contributed by atoms with E-state index in [1.807, 2.05) is 0 Å². The number of rotatable bonds is 2. The van der Waals surface area contributed by atoms with Crippen LogP contribution in [-0.2, 0) is 4.79 Å². The molecule has 0 bridgehead atoms. The molecule has 0 rings (SSSR count). The number of hydroxylamine groups is 2. The molecular formula is C6H10N2O2. The topological polar surface area (TPSA) is 66.6 Å². The van der Waals surface area contributed by atoms with Gasteiger partial charge in [-0.2, -0.15) is 0 Å². The molecule has 0 aromatic heterocycles. The summed E-state index contributed by atoms with van der Waals surface area (Å²) in [5.41, 5.74) is 5.23. The van der Waals surface area contributed by atoms with E-state index in [9.17, 15) is 4.79 Å². The highest BCUT2D eigenvalue weighted by atomic mass is 16.5. The van der Waals surface area contributed by atoms with Crippen LogP contribution in [0.3, 0.4) is 0 Å². The zero-order valence-corrected chi connectivity index (χ0v) is 5.74. The van der Waals surface area contributed by atoms with Gasteiger partial charge < -0.3 is 5.73 Å². The average Bonchev–Trinajstić information content (AvgIpc) is 1.87. The lowest BCUT2D eigenvalue weighted by Crippen LogP contribution is -2.39. The number of hydrogen-bond acceptors (Lipinski definition) is 3. The molecule has 0 aromatic carbocycles. The first-order valence-electron chi connectivity index (χ1n) is 2.75. The van der Waals surface area contributed by atoms with Crippen molar-refractivity contribution < 1.29 is 10.0 Å². The standard InChI is InChI=1S/C6H10N2O2/c1-3-4-5(7)6(9)8(2)10/h1,5,10H,4,7H2,2H3. The van der Waals surface area contributed by atoms with Crippen LogP contribution < -0.4 is 5.73 Å². The van der Waals surface area contributed by atoms with Crippen LogP contribution in [-0.4, -0.2) is 29.3 Å². The Labute approximate surface area is 59.6 Å². The number of nitrogens with two attached hydrogens (primary N) is 1. The monoisotopic (exact) mass is 142 g/mol. The summed E-state index contributed by atoms with van der Waals surface area (Å²) in [4.78, 5) is 10.7. The Kier molecular flexibility index (Phi) is 3.47. The van der Waals surface area contributed by atoms with Crippen molar-refractivity contribution in [2.75, 3.05) is 7.05 Å². The molecule has 0 aromatic rings. The summed E-state index contributed by atoms with van der Waals surface area (Å²) in [7, 11) is 1.21. The second-order valence-electron chi connectivity index (χ2n) is 1.88. The largest absolute Gasteiger partial charge is 0.319 e. The third-order valence-corrected chi connectivity index (χ3v) is 0.974. The third-order valence-electron chi connectivity index (χ3n) is 0.974. The molecule has 3 N–H and O–H groups in total. The van der Waals surface area contributed by atoms with E-state index in [1.165, 1.54) is 7.05 Å². The van der Waals surface area contributed by atoms with E-state index < -0.39 is 11.9 Å². The Hall–Kier alpha value is -1.05. The summed E-state index contributed by atoms with van der Waals surface area (Å²) in [5.74, 6) is 1.65. The number of carbonyl (C=O) groups is 1. The fourth-order valence-corrected chi connectivity index (χ4v) is 0.454. The van der Waals surface area contributed by atoms with E-state index in [2.05, 4.69) is 5.92 Å². The predicted molar refractivity (Wildman–Crippen MR) is 36.0 cm³/mol. The van der Waals surface area contributed by atoms with Gasteiger partial charge in [0.1, 0.15) is 0 Å². The molecule has 1 unspecified atom stereocenters. The lowest BCUT2D eigenvalue weighted by Gasteiger charge is -2.11. The molecule has 10 heavy (non-hydrogen) atoms. The SMILES string of the molecule is C#CCC(N)C(=O)N(C)O. The number of likely N-dealkylation sites (N-methyl/N-ethyl adjacent to an activating group) is 1. The number of carbonyl (C=O) groups excluding carboxylic acids is 1. The van der Waals surface area contributed by atoms with Gasteiger partial charge >= 0.3 is 0 Å². The van der Waals surface area contributed by atoms with Gasteiger partial charge in [-0.1, -0.05) is 0 Å². The van der Waals surface area contributed by atoms with Crippen LogP contribution in [0.25, 0.3) is 0 Å². The van der Waals surface area contributed by atoms with Crippen molar-refractivity contribution in [2.24, 2.45) is 5.73 Å². The summed E-state index contributed by atoms with van der Waals surface area (Å²) in [5, 5.41) is 8.99. The molecule has 0 heterocycles. The quantitative estimate of drug-likeness (QED) is 0.301. The molecule has 0 spiro atoms. The maximum absolute atomic E-state index is 10.7. The first-order valence-corrected chi connectivity index (χ1v) is 2.75. The van der Waals surface area contributed by atoms with E-state index in [-0.39, 0.29) is 6.42 Å². The number of amides is 1. The Morgan fingerprint density at radius 2 is 2.50 bits per heavy atom. The molecule has 1 amide bonds. The maximum atomic E-state index is 10.7. The Morgan fingerprint density at radius 3 is 2.80 bits per heavy atom. The van der Waals surface area contributed by atoms with Crippen molar-refractivity contribution in [3.63, 3.8) is 0 Å². The number of terminal acetylenes is 1. The van der Waals surface area contributed by atoms with Gasteiger partial charge in [0.25, 0.3) is 5.91 Å². The van der Waals surface area contributed by atoms with Crippen LogP contribution in [0.15, 0.2) is 0 Å². The average molecular weight is 142 g/mol. The molecule has 0 radical (unpaired) electrons. The normalized spacial score (nSPS) is 11.8. The third kappa shape index (κ3) is 2.49. The van der Waals surface area contributed by atoms with Crippen LogP contribution >= 0.6 is 0 Å². The van der Waals surface area contributed by atoms with Crippen molar-refractivity contribution in [1.29, 1.82) is 0 Å². The number of hydrogen-bond donors (Lipinski definition) is 2. The van der Waals surface area contributed by atoms with E-state index in [0.717, 1.165) is 0 Å². The lowest BCUT2D eigenvalue weighted by atomic mass is 10.2. The van der Waals surface area contributed by atoms with Gasteiger partial charge in [-0.25, -0.2) is 5.06 Å². The summed E-state index contributed by atoms with van der Waals surface area (Å²) < 4.78 is 0. The fraction of sp³-hybridized carbons (Fsp3) is 0.500. The highest BCUT2D eigenvalue weighted by molar-refractivity contribution is 5.80. The van der Waals surface area contributed by atoms with Gasteiger partial charge in [0.05, 0.1) is 6.04 Å². The molecule has 1 atom stereocenters. The van der Waals surface area contributed by atoms with Gasteiger partial charge in [0.15, 0.2) is 0 Å². The van der Waals surface area contributed by atoms with E-state index >= 15 is 0 Å². The van der Waals surface area contributed by atoms with Crippen LogP contribution in [0.1, 0.15) is 6.42 Å². The molecule has 4 nitrogen and oxygen atoms in total. The van der Waals surface area contributed by atoms with Gasteiger partial charge in [-0.05, 0) is 0 Å². The van der Waals surface area contributed by atoms with Gasteiger partial charge in [-0.3, -0.25) is 10.0 Å². The minimum absolute atomic E-state index is 0.143. The molecular weight excluding hydrogens is 132 g/mol. The zero-order valence-electron chi connectivity index (χ0n) is 5.74. The summed E-state index contributed by atoms with van der Waals surface area (Å²) in [6, 6.07) is -0.792. The van der Waals surface area contributed by atoms with Gasteiger partial charge in [0, 0.05) is 13.5 Å². The summed E-state index contributed by atoms with van der Waals surface area (Å²) in [6.07, 6.45) is 5.03. The van der Waals surface area contributed by atoms with Crippen LogP contribution in [0, 0.1) is 12.3 Å².